The van der Waals surface area contributed by atoms with Crippen LogP contribution in [0.2, 0.25) is 0 Å². The van der Waals surface area contributed by atoms with E-state index in [4.69, 9.17) is 0 Å². The molecular weight excluding hydrogens is 265 g/mol. The summed E-state index contributed by atoms with van der Waals surface area (Å²) in [6.07, 6.45) is 0. The molecule has 0 aliphatic rings. The van der Waals surface area contributed by atoms with Crippen LogP contribution in [0.15, 0.2) is 59.5 Å². The van der Waals surface area contributed by atoms with Crippen LogP contribution in [0.5, 0.6) is 0 Å². The molecule has 2 aromatic rings. The van der Waals surface area contributed by atoms with Gasteiger partial charge in [0, 0.05) is 13.6 Å². The van der Waals surface area contributed by atoms with Crippen LogP contribution < -0.4 is 0 Å². The Morgan fingerprint density at radius 1 is 1.00 bits per heavy atom. The number of halogens is 1. The summed E-state index contributed by atoms with van der Waals surface area (Å²) in [7, 11) is -2.08. The van der Waals surface area contributed by atoms with Crippen molar-refractivity contribution in [2.75, 3.05) is 7.05 Å². The van der Waals surface area contributed by atoms with Crippen LogP contribution >= 0.6 is 0 Å². The summed E-state index contributed by atoms with van der Waals surface area (Å²) < 4.78 is 38.6. The molecular formula is C14H14FNO2S. The molecule has 0 unspecified atom stereocenters. The lowest BCUT2D eigenvalue weighted by Gasteiger charge is -2.17. The molecule has 2 rings (SSSR count). The quantitative estimate of drug-likeness (QED) is 0.863. The summed E-state index contributed by atoms with van der Waals surface area (Å²) in [4.78, 5) is 0.0901. The maximum absolute atomic E-state index is 12.8. The Hall–Kier alpha value is -1.72. The number of nitrogens with zero attached hydrogens (tertiary/aromatic N) is 1. The predicted molar refractivity (Wildman–Crippen MR) is 71.5 cm³/mol. The van der Waals surface area contributed by atoms with Gasteiger partial charge in [0.25, 0.3) is 0 Å². The van der Waals surface area contributed by atoms with E-state index < -0.39 is 15.8 Å². The SMILES string of the molecule is CN(Cc1ccccc1)S(=O)(=O)c1ccc(F)cc1. The zero-order valence-corrected chi connectivity index (χ0v) is 11.3. The summed E-state index contributed by atoms with van der Waals surface area (Å²) in [5.41, 5.74) is 0.899. The Morgan fingerprint density at radius 3 is 2.16 bits per heavy atom. The number of hydrogen-bond donors (Lipinski definition) is 0. The lowest BCUT2D eigenvalue weighted by Crippen LogP contribution is -2.26. The smallest absolute Gasteiger partial charge is 0.207 e. The Kier molecular flexibility index (Phi) is 3.97. The molecule has 0 N–H and O–H groups in total. The van der Waals surface area contributed by atoms with Gasteiger partial charge in [0.2, 0.25) is 10.0 Å². The van der Waals surface area contributed by atoms with Crippen LogP contribution in [-0.4, -0.2) is 19.8 Å². The van der Waals surface area contributed by atoms with Gasteiger partial charge in [-0.25, -0.2) is 12.8 Å². The fourth-order valence-electron chi connectivity index (χ4n) is 1.71. The molecule has 2 aromatic carbocycles. The maximum Gasteiger partial charge on any atom is 0.243 e. The highest BCUT2D eigenvalue weighted by atomic mass is 32.2. The van der Waals surface area contributed by atoms with Gasteiger partial charge in [0.15, 0.2) is 0 Å². The second-order valence-corrected chi connectivity index (χ2v) is 6.25. The summed E-state index contributed by atoms with van der Waals surface area (Å²) in [6, 6.07) is 14.1. The van der Waals surface area contributed by atoms with Crippen molar-refractivity contribution in [2.45, 2.75) is 11.4 Å². The zero-order chi connectivity index (χ0) is 13.9. The third kappa shape index (κ3) is 3.19. The summed E-state index contributed by atoms with van der Waals surface area (Å²) in [6.45, 7) is 0.278. The summed E-state index contributed by atoms with van der Waals surface area (Å²) in [5.74, 6) is -0.454. The molecule has 0 aromatic heterocycles. The Morgan fingerprint density at radius 2 is 1.58 bits per heavy atom. The van der Waals surface area contributed by atoms with E-state index in [1.807, 2.05) is 30.3 Å². The van der Waals surface area contributed by atoms with Crippen LogP contribution in [0.1, 0.15) is 5.56 Å². The molecule has 100 valence electrons. The van der Waals surface area contributed by atoms with E-state index in [9.17, 15) is 12.8 Å². The highest BCUT2D eigenvalue weighted by molar-refractivity contribution is 7.89. The Bertz CT molecular complexity index is 639. The van der Waals surface area contributed by atoms with E-state index in [-0.39, 0.29) is 11.4 Å². The second kappa shape index (κ2) is 5.50. The molecule has 0 atom stereocenters. The Balaban J connectivity index is 2.22. The minimum Gasteiger partial charge on any atom is -0.207 e. The van der Waals surface area contributed by atoms with Crippen LogP contribution in [0, 0.1) is 5.82 Å². The molecule has 0 bridgehead atoms. The van der Waals surface area contributed by atoms with Crippen molar-refractivity contribution >= 4 is 10.0 Å². The molecule has 0 amide bonds. The molecule has 5 heteroatoms. The van der Waals surface area contributed by atoms with Gasteiger partial charge in [-0.1, -0.05) is 30.3 Å². The topological polar surface area (TPSA) is 37.4 Å². The van der Waals surface area contributed by atoms with E-state index in [0.29, 0.717) is 0 Å². The van der Waals surface area contributed by atoms with Crippen LogP contribution in [0.25, 0.3) is 0 Å². The van der Waals surface area contributed by atoms with E-state index in [1.165, 1.54) is 23.5 Å². The lowest BCUT2D eigenvalue weighted by molar-refractivity contribution is 0.466. The first-order valence-electron chi connectivity index (χ1n) is 5.76. The maximum atomic E-state index is 12.8. The van der Waals surface area contributed by atoms with E-state index in [0.717, 1.165) is 17.7 Å². The fourth-order valence-corrected chi connectivity index (χ4v) is 2.87. The van der Waals surface area contributed by atoms with Crippen molar-refractivity contribution in [2.24, 2.45) is 0 Å². The molecule has 19 heavy (non-hydrogen) atoms. The fraction of sp³-hybridized carbons (Fsp3) is 0.143. The molecule has 3 nitrogen and oxygen atoms in total. The largest absolute Gasteiger partial charge is 0.243 e. The molecule has 0 saturated heterocycles. The highest BCUT2D eigenvalue weighted by Gasteiger charge is 2.20. The van der Waals surface area contributed by atoms with Gasteiger partial charge in [-0.05, 0) is 29.8 Å². The first-order valence-corrected chi connectivity index (χ1v) is 7.20. The molecule has 0 saturated carbocycles. The van der Waals surface area contributed by atoms with Crippen molar-refractivity contribution in [1.82, 2.24) is 4.31 Å². The third-order valence-corrected chi connectivity index (χ3v) is 4.59. The van der Waals surface area contributed by atoms with Crippen molar-refractivity contribution in [3.05, 3.63) is 66.0 Å². The molecule has 0 spiro atoms. The minimum absolute atomic E-state index is 0.0901. The second-order valence-electron chi connectivity index (χ2n) is 4.20. The zero-order valence-electron chi connectivity index (χ0n) is 10.5. The van der Waals surface area contributed by atoms with Crippen LogP contribution in [0.3, 0.4) is 0 Å². The van der Waals surface area contributed by atoms with Crippen LogP contribution in [0.4, 0.5) is 4.39 Å². The van der Waals surface area contributed by atoms with Gasteiger partial charge in [0.05, 0.1) is 4.90 Å². The normalized spacial score (nSPS) is 11.7. The first-order chi connectivity index (χ1) is 9.00. The van der Waals surface area contributed by atoms with Crippen molar-refractivity contribution < 1.29 is 12.8 Å². The van der Waals surface area contributed by atoms with Gasteiger partial charge in [-0.15, -0.1) is 0 Å². The van der Waals surface area contributed by atoms with Gasteiger partial charge < -0.3 is 0 Å². The summed E-state index contributed by atoms with van der Waals surface area (Å²) >= 11 is 0. The van der Waals surface area contributed by atoms with Gasteiger partial charge in [0.1, 0.15) is 5.82 Å². The highest BCUT2D eigenvalue weighted by Crippen LogP contribution is 2.16. The van der Waals surface area contributed by atoms with Gasteiger partial charge in [-0.3, -0.25) is 0 Å². The predicted octanol–water partition coefficient (Wildman–Crippen LogP) is 2.65. The standard InChI is InChI=1S/C14H14FNO2S/c1-16(11-12-5-3-2-4-6-12)19(17,18)14-9-7-13(15)8-10-14/h2-10H,11H2,1H3. The lowest BCUT2D eigenvalue weighted by atomic mass is 10.2. The molecule has 0 aliphatic heterocycles. The van der Waals surface area contributed by atoms with Gasteiger partial charge in [-0.2, -0.15) is 4.31 Å². The van der Waals surface area contributed by atoms with Crippen molar-refractivity contribution in [1.29, 1.82) is 0 Å². The molecule has 0 heterocycles. The average Bonchev–Trinajstić information content (AvgIpc) is 2.40. The minimum atomic E-state index is -3.59. The van der Waals surface area contributed by atoms with Crippen molar-refractivity contribution in [3.8, 4) is 0 Å². The summed E-state index contributed by atoms with van der Waals surface area (Å²) in [5, 5.41) is 0. The monoisotopic (exact) mass is 279 g/mol. The number of hydrogen-bond acceptors (Lipinski definition) is 2. The van der Waals surface area contributed by atoms with Gasteiger partial charge >= 0.3 is 0 Å². The number of rotatable bonds is 4. The van der Waals surface area contributed by atoms with E-state index in [1.54, 1.807) is 0 Å². The van der Waals surface area contributed by atoms with E-state index >= 15 is 0 Å². The molecule has 0 aliphatic carbocycles. The van der Waals surface area contributed by atoms with Crippen LogP contribution in [-0.2, 0) is 16.6 Å². The average molecular weight is 279 g/mol. The van der Waals surface area contributed by atoms with E-state index in [2.05, 4.69) is 0 Å². The number of sulfonamides is 1. The Labute approximate surface area is 112 Å². The number of benzene rings is 2. The third-order valence-electron chi connectivity index (χ3n) is 2.77. The molecule has 0 radical (unpaired) electrons. The van der Waals surface area contributed by atoms with Crippen molar-refractivity contribution in [3.63, 3.8) is 0 Å². The first kappa shape index (κ1) is 13.7. The molecule has 0 fully saturated rings.